The van der Waals surface area contributed by atoms with Crippen molar-refractivity contribution in [2.45, 2.75) is 57.2 Å². The summed E-state index contributed by atoms with van der Waals surface area (Å²) >= 11 is 6.25. The van der Waals surface area contributed by atoms with E-state index in [0.717, 1.165) is 54.0 Å². The molecule has 1 heterocycles. The summed E-state index contributed by atoms with van der Waals surface area (Å²) in [6, 6.07) is 3.89. The number of nitrogens with zero attached hydrogens (tertiary/aromatic N) is 3. The number of carbonyl (C=O) groups excluding carboxylic acids is 1. The first kappa shape index (κ1) is 25.1. The fourth-order valence-electron chi connectivity index (χ4n) is 4.14. The summed E-state index contributed by atoms with van der Waals surface area (Å²) in [5, 5.41) is 35.4. The van der Waals surface area contributed by atoms with E-state index in [4.69, 9.17) is 16.7 Å². The zero-order chi connectivity index (χ0) is 24.0. The van der Waals surface area contributed by atoms with Crippen LogP contribution >= 0.6 is 11.6 Å². The standard InChI is InChI=1S/C22H29ClN4O6/c23-18-8-7-15(27-22(33)26(11-16(30)12-28)20(31)10-24-27)9-17(18)21(32)25-19(13-29)14-5-3-1-2-4-6-14/h7-10,14,16,19,28-30H,1-6,11-13H2,(H,25,32). The van der Waals surface area contributed by atoms with Crippen molar-refractivity contribution in [1.82, 2.24) is 19.7 Å². The zero-order valence-electron chi connectivity index (χ0n) is 18.2. The summed E-state index contributed by atoms with van der Waals surface area (Å²) in [5.41, 5.74) is -1.28. The molecule has 1 aliphatic rings. The number of hydrogen-bond donors (Lipinski definition) is 4. The van der Waals surface area contributed by atoms with Crippen molar-refractivity contribution >= 4 is 17.5 Å². The number of benzene rings is 1. The predicted octanol–water partition coefficient (Wildman–Crippen LogP) is 0.462. The number of aliphatic hydroxyl groups excluding tert-OH is 3. The van der Waals surface area contributed by atoms with Gasteiger partial charge >= 0.3 is 5.69 Å². The second-order valence-corrected chi connectivity index (χ2v) is 8.71. The molecule has 0 spiro atoms. The molecular formula is C22H29ClN4O6. The highest BCUT2D eigenvalue weighted by molar-refractivity contribution is 6.33. The van der Waals surface area contributed by atoms with E-state index in [1.165, 1.54) is 18.2 Å². The van der Waals surface area contributed by atoms with Gasteiger partial charge in [-0.2, -0.15) is 9.78 Å². The lowest BCUT2D eigenvalue weighted by molar-refractivity contribution is 0.0788. The third-order valence-electron chi connectivity index (χ3n) is 5.99. The van der Waals surface area contributed by atoms with Crippen LogP contribution in [0.2, 0.25) is 5.02 Å². The largest absolute Gasteiger partial charge is 0.394 e. The van der Waals surface area contributed by atoms with Gasteiger partial charge in [0.05, 0.1) is 48.2 Å². The van der Waals surface area contributed by atoms with Crippen molar-refractivity contribution in [1.29, 1.82) is 0 Å². The highest BCUT2D eigenvalue weighted by Crippen LogP contribution is 2.26. The molecule has 3 rings (SSSR count). The topological polar surface area (TPSA) is 147 Å². The van der Waals surface area contributed by atoms with Gasteiger partial charge in [0.25, 0.3) is 11.5 Å². The third kappa shape index (κ3) is 6.08. The van der Waals surface area contributed by atoms with Gasteiger partial charge in [-0.15, -0.1) is 0 Å². The molecule has 0 saturated heterocycles. The van der Waals surface area contributed by atoms with Gasteiger partial charge < -0.3 is 20.6 Å². The lowest BCUT2D eigenvalue weighted by atomic mass is 9.92. The van der Waals surface area contributed by atoms with Crippen LogP contribution in [0.25, 0.3) is 5.69 Å². The van der Waals surface area contributed by atoms with Gasteiger partial charge in [-0.3, -0.25) is 14.2 Å². The molecule has 33 heavy (non-hydrogen) atoms. The fraction of sp³-hybridized carbons (Fsp3) is 0.545. The molecule has 10 nitrogen and oxygen atoms in total. The van der Waals surface area contributed by atoms with Crippen molar-refractivity contribution in [2.75, 3.05) is 13.2 Å². The number of hydrogen-bond acceptors (Lipinski definition) is 7. The SMILES string of the molecule is O=C(NC(CO)C1CCCCCC1)c1cc(-n2ncc(=O)n(CC(O)CO)c2=O)ccc1Cl. The molecule has 0 aliphatic heterocycles. The number of aliphatic hydroxyl groups is 3. The van der Waals surface area contributed by atoms with Crippen LogP contribution in [0.1, 0.15) is 48.9 Å². The minimum atomic E-state index is -1.29. The van der Waals surface area contributed by atoms with Crippen molar-refractivity contribution < 1.29 is 20.1 Å². The second kappa shape index (κ2) is 11.6. The molecule has 180 valence electrons. The molecule has 1 aromatic carbocycles. The third-order valence-corrected chi connectivity index (χ3v) is 6.32. The zero-order valence-corrected chi connectivity index (χ0v) is 18.9. The van der Waals surface area contributed by atoms with Gasteiger partial charge in [0.2, 0.25) is 0 Å². The maximum Gasteiger partial charge on any atom is 0.352 e. The molecule has 1 amide bonds. The Balaban J connectivity index is 1.89. The Kier molecular flexibility index (Phi) is 8.79. The number of rotatable bonds is 8. The molecule has 1 fully saturated rings. The molecule has 0 radical (unpaired) electrons. The van der Waals surface area contributed by atoms with Gasteiger partial charge in [0.1, 0.15) is 6.20 Å². The first-order valence-electron chi connectivity index (χ1n) is 11.1. The molecule has 2 atom stereocenters. The minimum absolute atomic E-state index is 0.100. The molecule has 1 aliphatic carbocycles. The smallest absolute Gasteiger partial charge is 0.352 e. The Morgan fingerprint density at radius 1 is 1.15 bits per heavy atom. The predicted molar refractivity (Wildman–Crippen MR) is 122 cm³/mol. The van der Waals surface area contributed by atoms with Crippen LogP contribution in [0.4, 0.5) is 0 Å². The summed E-state index contributed by atoms with van der Waals surface area (Å²) in [7, 11) is 0. The van der Waals surface area contributed by atoms with E-state index >= 15 is 0 Å². The van der Waals surface area contributed by atoms with Gasteiger partial charge in [-0.05, 0) is 37.0 Å². The van der Waals surface area contributed by atoms with Crippen molar-refractivity contribution in [3.05, 3.63) is 55.8 Å². The van der Waals surface area contributed by atoms with Gasteiger partial charge in [-0.25, -0.2) is 4.79 Å². The fourth-order valence-corrected chi connectivity index (χ4v) is 4.34. The lowest BCUT2D eigenvalue weighted by Gasteiger charge is -2.25. The summed E-state index contributed by atoms with van der Waals surface area (Å²) in [4.78, 5) is 37.8. The first-order valence-corrected chi connectivity index (χ1v) is 11.4. The highest BCUT2D eigenvalue weighted by atomic mass is 35.5. The molecular weight excluding hydrogens is 452 g/mol. The van der Waals surface area contributed by atoms with Crippen molar-refractivity contribution in [2.24, 2.45) is 5.92 Å². The van der Waals surface area contributed by atoms with Crippen molar-refractivity contribution in [3.63, 3.8) is 0 Å². The van der Waals surface area contributed by atoms with E-state index in [2.05, 4.69) is 10.4 Å². The van der Waals surface area contributed by atoms with Gasteiger partial charge in [0, 0.05) is 0 Å². The molecule has 2 unspecified atom stereocenters. The molecule has 1 aromatic heterocycles. The second-order valence-electron chi connectivity index (χ2n) is 8.30. The quantitative estimate of drug-likeness (QED) is 0.401. The van der Waals surface area contributed by atoms with E-state index in [1.54, 1.807) is 0 Å². The molecule has 2 aromatic rings. The van der Waals surface area contributed by atoms with E-state index in [9.17, 15) is 24.6 Å². The van der Waals surface area contributed by atoms with Gasteiger partial charge in [-0.1, -0.05) is 37.3 Å². The normalized spacial score (nSPS) is 16.7. The summed E-state index contributed by atoms with van der Waals surface area (Å²) < 4.78 is 1.66. The Morgan fingerprint density at radius 2 is 1.85 bits per heavy atom. The maximum absolute atomic E-state index is 13.0. The molecule has 11 heteroatoms. The summed E-state index contributed by atoms with van der Waals surface area (Å²) in [6.45, 7) is -1.21. The number of amides is 1. The van der Waals surface area contributed by atoms with E-state index < -0.39 is 42.5 Å². The summed E-state index contributed by atoms with van der Waals surface area (Å²) in [6.07, 6.45) is 5.89. The maximum atomic E-state index is 13.0. The van der Waals surface area contributed by atoms with Crippen LogP contribution in [0.5, 0.6) is 0 Å². The van der Waals surface area contributed by atoms with Crippen LogP contribution in [-0.4, -0.2) is 60.9 Å². The number of nitrogens with one attached hydrogen (secondary N) is 1. The van der Waals surface area contributed by atoms with Crippen LogP contribution < -0.4 is 16.6 Å². The molecule has 1 saturated carbocycles. The molecule has 4 N–H and O–H groups in total. The Hall–Kier alpha value is -2.53. The summed E-state index contributed by atoms with van der Waals surface area (Å²) in [5.74, 6) is -0.309. The van der Waals surface area contributed by atoms with E-state index in [-0.39, 0.29) is 28.8 Å². The van der Waals surface area contributed by atoms with Crippen LogP contribution in [0, 0.1) is 5.92 Å². The highest BCUT2D eigenvalue weighted by Gasteiger charge is 2.25. The Bertz CT molecular complexity index is 1080. The van der Waals surface area contributed by atoms with Crippen molar-refractivity contribution in [3.8, 4) is 5.69 Å². The number of halogens is 1. The van der Waals surface area contributed by atoms with Crippen LogP contribution in [0.15, 0.2) is 34.0 Å². The van der Waals surface area contributed by atoms with Gasteiger partial charge in [0.15, 0.2) is 0 Å². The lowest BCUT2D eigenvalue weighted by Crippen LogP contribution is -2.43. The van der Waals surface area contributed by atoms with E-state index in [1.807, 2.05) is 0 Å². The van der Waals surface area contributed by atoms with Crippen LogP contribution in [-0.2, 0) is 6.54 Å². The minimum Gasteiger partial charge on any atom is -0.394 e. The molecule has 0 bridgehead atoms. The average Bonchev–Trinajstić information content (AvgIpc) is 3.10. The Morgan fingerprint density at radius 3 is 2.48 bits per heavy atom. The monoisotopic (exact) mass is 480 g/mol. The first-order chi connectivity index (χ1) is 15.8. The Labute approximate surface area is 195 Å². The number of carbonyl (C=O) groups is 1. The average molecular weight is 481 g/mol. The van der Waals surface area contributed by atoms with E-state index in [0.29, 0.717) is 0 Å². The number of aromatic nitrogens is 3. The van der Waals surface area contributed by atoms with Crippen LogP contribution in [0.3, 0.4) is 0 Å².